The Bertz CT molecular complexity index is 118. The summed E-state index contributed by atoms with van der Waals surface area (Å²) in [5, 5.41) is 0. The van der Waals surface area contributed by atoms with Crippen molar-refractivity contribution in [3.05, 3.63) is 12.7 Å². The van der Waals surface area contributed by atoms with Crippen molar-refractivity contribution in [3.63, 3.8) is 0 Å². The van der Waals surface area contributed by atoms with E-state index in [0.29, 0.717) is 6.04 Å². The topological polar surface area (TPSA) is 3.24 Å². The van der Waals surface area contributed by atoms with Crippen LogP contribution in [0.3, 0.4) is 0 Å². The number of hydrogen-bond donors (Lipinski definition) is 0. The highest BCUT2D eigenvalue weighted by atomic mass is 32.1. The van der Waals surface area contributed by atoms with Crippen LogP contribution in [0.25, 0.3) is 0 Å². The summed E-state index contributed by atoms with van der Waals surface area (Å²) in [5.41, 5.74) is 0. The zero-order chi connectivity index (χ0) is 7.44. The van der Waals surface area contributed by atoms with E-state index in [1.165, 1.54) is 0 Å². The predicted octanol–water partition coefficient (Wildman–Crippen LogP) is 1.84. The summed E-state index contributed by atoms with van der Waals surface area (Å²) in [6, 6.07) is 0.468. The van der Waals surface area contributed by atoms with Crippen LogP contribution in [0.5, 0.6) is 0 Å². The number of thiocarbonyl (C=S) groups is 1. The second kappa shape index (κ2) is 3.62. The lowest BCUT2D eigenvalue weighted by molar-refractivity contribution is 0.426. The van der Waals surface area contributed by atoms with E-state index in [2.05, 4.69) is 20.4 Å². The van der Waals surface area contributed by atoms with Crippen molar-refractivity contribution in [3.8, 4) is 0 Å². The van der Waals surface area contributed by atoms with Crippen LogP contribution >= 0.6 is 12.2 Å². The zero-order valence-electron chi connectivity index (χ0n) is 6.22. The smallest absolute Gasteiger partial charge is 0.101 e. The SMILES string of the molecule is C=CC(=S)N(C)C(C)C. The normalized spacial score (nSPS) is 9.33. The highest BCUT2D eigenvalue weighted by Crippen LogP contribution is 1.95. The molecule has 0 aromatic heterocycles. The Morgan fingerprint density at radius 3 is 2.22 bits per heavy atom. The van der Waals surface area contributed by atoms with Crippen molar-refractivity contribution < 1.29 is 0 Å². The summed E-state index contributed by atoms with van der Waals surface area (Å²) in [6.45, 7) is 7.77. The highest BCUT2D eigenvalue weighted by molar-refractivity contribution is 7.80. The molecule has 9 heavy (non-hydrogen) atoms. The molecule has 0 unspecified atom stereocenters. The molecule has 0 atom stereocenters. The van der Waals surface area contributed by atoms with Crippen molar-refractivity contribution in [2.75, 3.05) is 7.05 Å². The summed E-state index contributed by atoms with van der Waals surface area (Å²) in [5.74, 6) is 0. The molecule has 0 saturated carbocycles. The monoisotopic (exact) mass is 143 g/mol. The third-order valence-electron chi connectivity index (χ3n) is 1.30. The maximum Gasteiger partial charge on any atom is 0.101 e. The molecule has 0 heterocycles. The minimum Gasteiger partial charge on any atom is -0.363 e. The van der Waals surface area contributed by atoms with E-state index < -0.39 is 0 Å². The van der Waals surface area contributed by atoms with Gasteiger partial charge in [0.2, 0.25) is 0 Å². The molecule has 0 amide bonds. The van der Waals surface area contributed by atoms with Crippen molar-refractivity contribution in [1.29, 1.82) is 0 Å². The van der Waals surface area contributed by atoms with Gasteiger partial charge in [-0.3, -0.25) is 0 Å². The molecular weight excluding hydrogens is 130 g/mol. The van der Waals surface area contributed by atoms with Crippen molar-refractivity contribution in [2.24, 2.45) is 0 Å². The Balaban J connectivity index is 3.87. The quantitative estimate of drug-likeness (QED) is 0.428. The Labute approximate surface area is 62.4 Å². The molecule has 0 aliphatic heterocycles. The first kappa shape index (κ1) is 8.63. The Kier molecular flexibility index (Phi) is 3.47. The van der Waals surface area contributed by atoms with E-state index in [0.717, 1.165) is 4.99 Å². The van der Waals surface area contributed by atoms with Gasteiger partial charge in [0.1, 0.15) is 4.99 Å². The number of likely N-dealkylation sites (N-methyl/N-ethyl adjacent to an activating group) is 1. The van der Waals surface area contributed by atoms with Crippen LogP contribution in [-0.2, 0) is 0 Å². The lowest BCUT2D eigenvalue weighted by Gasteiger charge is -2.21. The molecule has 0 aromatic rings. The van der Waals surface area contributed by atoms with Gasteiger partial charge in [-0.2, -0.15) is 0 Å². The summed E-state index contributed by atoms with van der Waals surface area (Å²) >= 11 is 4.96. The number of nitrogens with zero attached hydrogens (tertiary/aromatic N) is 1. The third kappa shape index (κ3) is 2.61. The van der Waals surface area contributed by atoms with E-state index in [1.807, 2.05) is 11.9 Å². The van der Waals surface area contributed by atoms with E-state index in [1.54, 1.807) is 6.08 Å². The molecule has 0 aliphatic rings. The average molecular weight is 143 g/mol. The van der Waals surface area contributed by atoms with E-state index in [9.17, 15) is 0 Å². The van der Waals surface area contributed by atoms with Crippen LogP contribution in [0, 0.1) is 0 Å². The first-order chi connectivity index (χ1) is 4.09. The maximum absolute atomic E-state index is 4.96. The van der Waals surface area contributed by atoms with Crippen LogP contribution in [0.4, 0.5) is 0 Å². The first-order valence-corrected chi connectivity index (χ1v) is 3.39. The third-order valence-corrected chi connectivity index (χ3v) is 1.75. The van der Waals surface area contributed by atoms with Crippen LogP contribution in [0.2, 0.25) is 0 Å². The van der Waals surface area contributed by atoms with Crippen molar-refractivity contribution >= 4 is 17.2 Å². The van der Waals surface area contributed by atoms with E-state index in [4.69, 9.17) is 12.2 Å². The van der Waals surface area contributed by atoms with Crippen LogP contribution in [-0.4, -0.2) is 23.0 Å². The fourth-order valence-corrected chi connectivity index (χ4v) is 0.609. The standard InChI is InChI=1S/C7H13NS/c1-5-7(9)8(4)6(2)3/h5-6H,1H2,2-4H3. The second-order valence-electron chi connectivity index (χ2n) is 2.25. The van der Waals surface area contributed by atoms with Gasteiger partial charge in [-0.25, -0.2) is 0 Å². The van der Waals surface area contributed by atoms with E-state index in [-0.39, 0.29) is 0 Å². The van der Waals surface area contributed by atoms with Crippen molar-refractivity contribution in [2.45, 2.75) is 19.9 Å². The Morgan fingerprint density at radius 1 is 1.67 bits per heavy atom. The number of hydrogen-bond acceptors (Lipinski definition) is 1. The molecule has 0 rings (SSSR count). The summed E-state index contributed by atoms with van der Waals surface area (Å²) in [6.07, 6.45) is 1.69. The van der Waals surface area contributed by atoms with Gasteiger partial charge in [-0.15, -0.1) is 0 Å². The molecule has 0 aliphatic carbocycles. The fourth-order valence-electron chi connectivity index (χ4n) is 0.398. The molecule has 52 valence electrons. The average Bonchev–Trinajstić information content (AvgIpc) is 1.84. The largest absolute Gasteiger partial charge is 0.363 e. The van der Waals surface area contributed by atoms with Crippen molar-refractivity contribution in [1.82, 2.24) is 4.90 Å². The van der Waals surface area contributed by atoms with Gasteiger partial charge in [0.25, 0.3) is 0 Å². The minimum absolute atomic E-state index is 0.468. The Hall–Kier alpha value is -0.370. The predicted molar refractivity (Wildman–Crippen MR) is 45.7 cm³/mol. The van der Waals surface area contributed by atoms with E-state index >= 15 is 0 Å². The lowest BCUT2D eigenvalue weighted by atomic mass is 10.3. The van der Waals surface area contributed by atoms with Gasteiger partial charge in [0.15, 0.2) is 0 Å². The maximum atomic E-state index is 4.96. The highest BCUT2D eigenvalue weighted by Gasteiger charge is 2.02. The minimum atomic E-state index is 0.468. The first-order valence-electron chi connectivity index (χ1n) is 2.98. The molecule has 1 nitrogen and oxygen atoms in total. The molecule has 2 heteroatoms. The Morgan fingerprint density at radius 2 is 2.11 bits per heavy atom. The molecule has 0 saturated heterocycles. The molecule has 0 bridgehead atoms. The number of rotatable bonds is 2. The second-order valence-corrected chi connectivity index (χ2v) is 2.67. The lowest BCUT2D eigenvalue weighted by Crippen LogP contribution is -2.29. The summed E-state index contributed by atoms with van der Waals surface area (Å²) < 4.78 is 0. The van der Waals surface area contributed by atoms with Gasteiger partial charge in [-0.1, -0.05) is 18.8 Å². The fraction of sp³-hybridized carbons (Fsp3) is 0.571. The molecule has 0 aromatic carbocycles. The van der Waals surface area contributed by atoms with Crippen LogP contribution in [0.15, 0.2) is 12.7 Å². The summed E-state index contributed by atoms with van der Waals surface area (Å²) in [7, 11) is 1.97. The van der Waals surface area contributed by atoms with Gasteiger partial charge in [0, 0.05) is 13.1 Å². The summed E-state index contributed by atoms with van der Waals surface area (Å²) in [4.78, 5) is 2.81. The molecule has 0 N–H and O–H groups in total. The van der Waals surface area contributed by atoms with Gasteiger partial charge < -0.3 is 4.90 Å². The van der Waals surface area contributed by atoms with Crippen LogP contribution < -0.4 is 0 Å². The molecule has 0 radical (unpaired) electrons. The van der Waals surface area contributed by atoms with Gasteiger partial charge >= 0.3 is 0 Å². The zero-order valence-corrected chi connectivity index (χ0v) is 7.03. The molecule has 0 spiro atoms. The molecule has 0 fully saturated rings. The van der Waals surface area contributed by atoms with Gasteiger partial charge in [0.05, 0.1) is 0 Å². The van der Waals surface area contributed by atoms with Crippen LogP contribution in [0.1, 0.15) is 13.8 Å². The molecular formula is C7H13NS. The van der Waals surface area contributed by atoms with Gasteiger partial charge in [-0.05, 0) is 19.9 Å².